The number of rotatable bonds is 9. The van der Waals surface area contributed by atoms with Crippen LogP contribution in [-0.2, 0) is 19.0 Å². The van der Waals surface area contributed by atoms with Crippen LogP contribution in [0.4, 0.5) is 0 Å². The molecular formula is C24H38N2O2. The fraction of sp³-hybridized carbons (Fsp3) is 0.583. The number of aryl methyl sites for hydroxylation is 1. The topological polar surface area (TPSA) is 46.4 Å². The molecule has 0 unspecified atom stereocenters. The van der Waals surface area contributed by atoms with Gasteiger partial charge >= 0.3 is 0 Å². The van der Waals surface area contributed by atoms with Gasteiger partial charge in [0.2, 0.25) is 0 Å². The van der Waals surface area contributed by atoms with E-state index in [1.165, 1.54) is 17.0 Å². The number of benzene rings is 1. The average Bonchev–Trinajstić information content (AvgIpc) is 2.90. The molecule has 2 N–H and O–H groups in total. The normalized spacial score (nSPS) is 13.6. The van der Waals surface area contributed by atoms with Gasteiger partial charge in [-0.3, -0.25) is 0 Å². The molecule has 28 heavy (non-hydrogen) atoms. The van der Waals surface area contributed by atoms with Gasteiger partial charge in [0.05, 0.1) is 0 Å². The van der Waals surface area contributed by atoms with Gasteiger partial charge in [0.15, 0.2) is 0 Å². The van der Waals surface area contributed by atoms with Crippen LogP contribution in [0.5, 0.6) is 5.75 Å². The number of ether oxygens (including phenoxy) is 1. The van der Waals surface area contributed by atoms with Crippen molar-refractivity contribution in [2.45, 2.75) is 66.0 Å². The van der Waals surface area contributed by atoms with E-state index in [1.54, 1.807) is 0 Å². The molecule has 0 saturated carbocycles. The lowest BCUT2D eigenvalue weighted by Crippen LogP contribution is -2.31. The van der Waals surface area contributed by atoms with Gasteiger partial charge in [-0.25, -0.2) is 0 Å². The van der Waals surface area contributed by atoms with Crippen molar-refractivity contribution >= 4 is 0 Å². The summed E-state index contributed by atoms with van der Waals surface area (Å²) in [6.07, 6.45) is 0.573. The van der Waals surface area contributed by atoms with E-state index in [9.17, 15) is 5.11 Å². The summed E-state index contributed by atoms with van der Waals surface area (Å²) >= 11 is 0. The number of aliphatic hydroxyl groups excluding tert-OH is 1. The van der Waals surface area contributed by atoms with Gasteiger partial charge in [-0.1, -0.05) is 46.8 Å². The van der Waals surface area contributed by atoms with E-state index in [0.717, 1.165) is 18.7 Å². The van der Waals surface area contributed by atoms with Crippen molar-refractivity contribution in [1.29, 1.82) is 0 Å². The molecule has 0 aliphatic rings. The molecule has 4 heteroatoms. The maximum atomic E-state index is 10.2. The molecule has 4 nitrogen and oxygen atoms in total. The Bertz CT molecular complexity index is 739. The third kappa shape index (κ3) is 6.68. The van der Waals surface area contributed by atoms with Crippen molar-refractivity contribution in [1.82, 2.24) is 9.88 Å². The second kappa shape index (κ2) is 9.15. The van der Waals surface area contributed by atoms with Crippen molar-refractivity contribution in [3.63, 3.8) is 0 Å². The Morgan fingerprint density at radius 3 is 2.21 bits per heavy atom. The fourth-order valence-corrected chi connectivity index (χ4v) is 3.89. The van der Waals surface area contributed by atoms with Crippen LogP contribution in [0.15, 0.2) is 36.4 Å². The Morgan fingerprint density at radius 1 is 1.04 bits per heavy atom. The third-order valence-corrected chi connectivity index (χ3v) is 5.21. The van der Waals surface area contributed by atoms with Crippen molar-refractivity contribution in [2.24, 2.45) is 12.5 Å². The van der Waals surface area contributed by atoms with Crippen molar-refractivity contribution in [2.75, 3.05) is 13.2 Å². The quantitative estimate of drug-likeness (QED) is 0.663. The van der Waals surface area contributed by atoms with E-state index in [2.05, 4.69) is 82.7 Å². The van der Waals surface area contributed by atoms with Crippen molar-refractivity contribution in [3.8, 4) is 5.75 Å². The van der Waals surface area contributed by atoms with Gasteiger partial charge in [0, 0.05) is 31.5 Å². The Balaban J connectivity index is 1.78. The molecule has 0 bridgehead atoms. The standard InChI is InChI=1S/C24H38N2O2/c1-18-8-11-20(26(18)7)14-25-15-21(27)16-28-22-12-9-19(10-13-22)24(5,6)17-23(2,3)4/h8-13,21,25,27H,14-17H2,1-7H3/t21-/m1/s1. The molecule has 0 fully saturated rings. The molecule has 0 radical (unpaired) electrons. The number of hydrogen-bond acceptors (Lipinski definition) is 3. The van der Waals surface area contributed by atoms with Crippen LogP contribution >= 0.6 is 0 Å². The summed E-state index contributed by atoms with van der Waals surface area (Å²) in [5.74, 6) is 0.799. The van der Waals surface area contributed by atoms with Gasteiger partial charge in [-0.15, -0.1) is 0 Å². The molecule has 0 spiro atoms. The Kier molecular flexibility index (Phi) is 7.35. The van der Waals surface area contributed by atoms with Gasteiger partial charge in [-0.2, -0.15) is 0 Å². The first kappa shape index (κ1) is 22.5. The maximum Gasteiger partial charge on any atom is 0.119 e. The molecule has 156 valence electrons. The first-order valence-corrected chi connectivity index (χ1v) is 10.2. The summed E-state index contributed by atoms with van der Waals surface area (Å²) in [5, 5.41) is 13.5. The molecule has 2 rings (SSSR count). The highest BCUT2D eigenvalue weighted by Gasteiger charge is 2.27. The molecule has 0 aliphatic carbocycles. The van der Waals surface area contributed by atoms with E-state index in [-0.39, 0.29) is 17.4 Å². The molecule has 1 heterocycles. The van der Waals surface area contributed by atoms with E-state index >= 15 is 0 Å². The summed E-state index contributed by atoms with van der Waals surface area (Å²) in [5.41, 5.74) is 4.16. The average molecular weight is 387 g/mol. The molecule has 0 saturated heterocycles. The molecular weight excluding hydrogens is 348 g/mol. The molecule has 0 amide bonds. The highest BCUT2D eigenvalue weighted by Crippen LogP contribution is 2.36. The zero-order valence-corrected chi connectivity index (χ0v) is 18.7. The summed E-state index contributed by atoms with van der Waals surface area (Å²) in [6, 6.07) is 12.5. The number of hydrogen-bond donors (Lipinski definition) is 2. The van der Waals surface area contributed by atoms with Crippen LogP contribution in [0.2, 0.25) is 0 Å². The maximum absolute atomic E-state index is 10.2. The summed E-state index contributed by atoms with van der Waals surface area (Å²) in [7, 11) is 2.05. The third-order valence-electron chi connectivity index (χ3n) is 5.21. The predicted molar refractivity (Wildman–Crippen MR) is 117 cm³/mol. The Hall–Kier alpha value is -1.78. The minimum atomic E-state index is -0.543. The molecule has 2 aromatic rings. The Morgan fingerprint density at radius 2 is 1.68 bits per heavy atom. The van der Waals surface area contributed by atoms with Crippen LogP contribution in [0.3, 0.4) is 0 Å². The van der Waals surface area contributed by atoms with Gasteiger partial charge in [0.25, 0.3) is 0 Å². The lowest BCUT2D eigenvalue weighted by molar-refractivity contribution is 0.106. The van der Waals surface area contributed by atoms with Gasteiger partial charge < -0.3 is 19.7 Å². The number of nitrogens with one attached hydrogen (secondary N) is 1. The molecule has 1 aromatic heterocycles. The van der Waals surface area contributed by atoms with Crippen LogP contribution in [0, 0.1) is 12.3 Å². The zero-order chi connectivity index (χ0) is 20.9. The van der Waals surface area contributed by atoms with Crippen LogP contribution in [0.1, 0.15) is 58.0 Å². The fourth-order valence-electron chi connectivity index (χ4n) is 3.89. The second-order valence-corrected chi connectivity index (χ2v) is 9.77. The van der Waals surface area contributed by atoms with Crippen molar-refractivity contribution in [3.05, 3.63) is 53.3 Å². The van der Waals surface area contributed by atoms with Crippen LogP contribution in [-0.4, -0.2) is 28.9 Å². The summed E-state index contributed by atoms with van der Waals surface area (Å²) < 4.78 is 7.92. The van der Waals surface area contributed by atoms with E-state index in [1.807, 2.05) is 12.1 Å². The highest BCUT2D eigenvalue weighted by atomic mass is 16.5. The van der Waals surface area contributed by atoms with Crippen LogP contribution in [0.25, 0.3) is 0 Å². The number of aromatic nitrogens is 1. The predicted octanol–water partition coefficient (Wildman–Crippen LogP) is 4.58. The van der Waals surface area contributed by atoms with E-state index in [4.69, 9.17) is 4.74 Å². The summed E-state index contributed by atoms with van der Waals surface area (Å²) in [6.45, 7) is 15.0. The number of nitrogens with zero attached hydrogens (tertiary/aromatic N) is 1. The monoisotopic (exact) mass is 386 g/mol. The first-order valence-electron chi connectivity index (χ1n) is 10.2. The highest BCUT2D eigenvalue weighted by molar-refractivity contribution is 5.31. The zero-order valence-electron chi connectivity index (χ0n) is 18.7. The number of aliphatic hydroxyl groups is 1. The minimum Gasteiger partial charge on any atom is -0.491 e. The van der Waals surface area contributed by atoms with Gasteiger partial charge in [-0.05, 0) is 54.0 Å². The summed E-state index contributed by atoms with van der Waals surface area (Å²) in [4.78, 5) is 0. The van der Waals surface area contributed by atoms with E-state index < -0.39 is 6.10 Å². The smallest absolute Gasteiger partial charge is 0.119 e. The molecule has 0 aliphatic heterocycles. The minimum absolute atomic E-state index is 0.121. The lowest BCUT2D eigenvalue weighted by Gasteiger charge is -2.33. The van der Waals surface area contributed by atoms with Gasteiger partial charge in [0.1, 0.15) is 18.5 Å². The van der Waals surface area contributed by atoms with E-state index in [0.29, 0.717) is 6.54 Å². The lowest BCUT2D eigenvalue weighted by atomic mass is 9.72. The molecule has 1 aromatic carbocycles. The largest absolute Gasteiger partial charge is 0.491 e. The Labute approximate surface area is 170 Å². The first-order chi connectivity index (χ1) is 13.0. The second-order valence-electron chi connectivity index (χ2n) is 9.77. The molecule has 1 atom stereocenters. The SMILES string of the molecule is Cc1ccc(CNC[C@@H](O)COc2ccc(C(C)(C)CC(C)(C)C)cc2)n1C. The van der Waals surface area contributed by atoms with Crippen LogP contribution < -0.4 is 10.1 Å². The van der Waals surface area contributed by atoms with Crippen molar-refractivity contribution < 1.29 is 9.84 Å².